The monoisotopic (exact) mass is 1620 g/mol. The Bertz CT molecular complexity index is 4350. The quantitative estimate of drug-likeness (QED) is 0.0166. The summed E-state index contributed by atoms with van der Waals surface area (Å²) < 4.78 is 5.71. The van der Waals surface area contributed by atoms with Gasteiger partial charge in [-0.1, -0.05) is 72.8 Å². The number of ether oxygens (including phenoxy) is 1. The molecule has 38 nitrogen and oxygen atoms in total. The summed E-state index contributed by atoms with van der Waals surface area (Å²) in [4.78, 5) is 237. The van der Waals surface area contributed by atoms with Gasteiger partial charge in [0.05, 0.1) is 19.1 Å². The first-order valence-corrected chi connectivity index (χ1v) is 38.3. The second-order valence-electron chi connectivity index (χ2n) is 28.2. The minimum Gasteiger partial charge on any atom is -0.492 e. The number of aliphatic hydroxyl groups is 1. The number of aromatic amines is 1. The molecule has 39 heteroatoms. The molecular formula is C76H103N19O19S. The number of nitrogens with two attached hydrogens (primary N) is 5. The van der Waals surface area contributed by atoms with Crippen LogP contribution in [0.25, 0.3) is 21.7 Å². The van der Waals surface area contributed by atoms with Gasteiger partial charge in [0.25, 0.3) is 0 Å². The zero-order valence-electron chi connectivity index (χ0n) is 64.4. The number of H-pyrrole nitrogens is 1. The van der Waals surface area contributed by atoms with Crippen molar-refractivity contribution in [3.63, 3.8) is 0 Å². The number of aliphatic hydroxyl groups excluding tert-OH is 1. The second-order valence-corrected chi connectivity index (χ2v) is 29.3. The van der Waals surface area contributed by atoms with Gasteiger partial charge in [-0.15, -0.1) is 0 Å². The average molecular weight is 1620 g/mol. The van der Waals surface area contributed by atoms with Gasteiger partial charge in [-0.25, -0.2) is 0 Å². The van der Waals surface area contributed by atoms with E-state index in [1.165, 1.54) is 20.8 Å². The first kappa shape index (κ1) is 91.6. The fourth-order valence-electron chi connectivity index (χ4n) is 12.2. The Morgan fingerprint density at radius 1 is 0.600 bits per heavy atom. The van der Waals surface area contributed by atoms with E-state index in [4.69, 9.17) is 33.4 Å². The minimum atomic E-state index is -2.00. The molecule has 0 bridgehead atoms. The Morgan fingerprint density at radius 3 is 1.83 bits per heavy atom. The lowest BCUT2D eigenvalue weighted by Crippen LogP contribution is -2.64. The Kier molecular flexibility index (Phi) is 35.7. The molecule has 1 aliphatic rings. The Hall–Kier alpha value is -12.3. The van der Waals surface area contributed by atoms with E-state index in [1.807, 2.05) is 12.1 Å². The van der Waals surface area contributed by atoms with Gasteiger partial charge in [0, 0.05) is 81.9 Å². The number of para-hydroxylation sites is 1. The van der Waals surface area contributed by atoms with Crippen LogP contribution < -0.4 is 103 Å². The molecule has 0 saturated carbocycles. The molecule has 25 N–H and O–H groups in total. The Morgan fingerprint density at radius 2 is 1.19 bits per heavy atom. The highest BCUT2D eigenvalue weighted by molar-refractivity contribution is 7.99. The van der Waals surface area contributed by atoms with E-state index >= 15 is 19.2 Å². The predicted octanol–water partition coefficient (Wildman–Crippen LogP) is -4.72. The fraction of sp³-hybridized carbons (Fsp3) is 0.461. The van der Waals surface area contributed by atoms with E-state index in [0.717, 1.165) is 36.4 Å². The lowest BCUT2D eigenvalue weighted by Gasteiger charge is -2.31. The van der Waals surface area contributed by atoms with Crippen molar-refractivity contribution in [2.45, 2.75) is 184 Å². The first-order chi connectivity index (χ1) is 54.5. The molecule has 4 aromatic carbocycles. The summed E-state index contributed by atoms with van der Waals surface area (Å²) in [6.07, 6.45) is -3.90. The SMILES string of the molecule is CC(=O)NCCCC[C@H](NC(=O)C(C)(C)NC(=O)[C@H](Cc1ccc2ccccc2c1)NC(=O)[C@H](Cc1ccc(OCCN)cc1)NC(=O)[C@@H]1CSCC[C@H](NC(C)=O)C(=O)N[C@@H](CCC(N)=O)C(=O)N[C@@H]([C@@H](C)O)C(=O)N[C@@H](Cc2c[nH]c3ccccc23)C(=O)N[C@@H](CCC(N)=O)C(=O)N1)C(=O)N[C@@H](CC(N)=O)C(=O)NCC(N)=O. The molecule has 115 heavy (non-hydrogen) atoms. The molecule has 0 radical (unpaired) electrons. The largest absolute Gasteiger partial charge is 0.492 e. The van der Waals surface area contributed by atoms with Gasteiger partial charge in [-0.3, -0.25) is 81.5 Å². The number of hydrogen-bond acceptors (Lipinski definition) is 21. The van der Waals surface area contributed by atoms with Gasteiger partial charge in [0.2, 0.25) is 100 Å². The maximum Gasteiger partial charge on any atom is 0.245 e. The van der Waals surface area contributed by atoms with Crippen LogP contribution in [-0.4, -0.2) is 220 Å². The summed E-state index contributed by atoms with van der Waals surface area (Å²) in [6, 6.07) is 8.88. The van der Waals surface area contributed by atoms with E-state index in [-0.39, 0.29) is 76.3 Å². The van der Waals surface area contributed by atoms with Crippen molar-refractivity contribution < 1.29 is 91.4 Å². The van der Waals surface area contributed by atoms with Crippen molar-refractivity contribution >= 4 is 134 Å². The summed E-state index contributed by atoms with van der Waals surface area (Å²) in [5.74, 6) is -16.6. The van der Waals surface area contributed by atoms with Crippen LogP contribution in [0.1, 0.15) is 109 Å². The van der Waals surface area contributed by atoms with Gasteiger partial charge in [-0.05, 0) is 111 Å². The number of carbonyl (C=O) groups is 17. The van der Waals surface area contributed by atoms with Crippen molar-refractivity contribution in [3.05, 3.63) is 114 Å². The lowest BCUT2D eigenvalue weighted by molar-refractivity contribution is -0.137. The highest BCUT2D eigenvalue weighted by Gasteiger charge is 2.40. The second kappa shape index (κ2) is 44.8. The van der Waals surface area contributed by atoms with Crippen LogP contribution in [-0.2, 0) is 101 Å². The molecule has 11 atom stereocenters. The number of thioether (sulfide) groups is 1. The number of rotatable bonds is 37. The molecule has 6 rings (SSSR count). The van der Waals surface area contributed by atoms with Crippen LogP contribution in [0, 0.1) is 0 Å². The van der Waals surface area contributed by atoms with Gasteiger partial charge in [0.15, 0.2) is 0 Å². The molecule has 1 aromatic heterocycles. The predicted molar refractivity (Wildman–Crippen MR) is 421 cm³/mol. The van der Waals surface area contributed by atoms with E-state index in [1.54, 1.807) is 85.1 Å². The lowest BCUT2D eigenvalue weighted by atomic mass is 9.97. The average Bonchev–Trinajstić information content (AvgIpc) is 1.39. The van der Waals surface area contributed by atoms with Crippen LogP contribution in [0.3, 0.4) is 0 Å². The number of fused-ring (bicyclic) bond motifs is 2. The first-order valence-electron chi connectivity index (χ1n) is 37.2. The molecule has 1 fully saturated rings. The topological polar surface area (TPSA) is 622 Å². The van der Waals surface area contributed by atoms with Crippen molar-refractivity contribution in [1.29, 1.82) is 0 Å². The van der Waals surface area contributed by atoms with E-state index < -0.39 is 211 Å². The number of amides is 17. The standard InChI is InChI=1S/C76H103N19O19S/c1-40(96)64-74(112)91-57(35-47-37-83-50-15-9-8-14-49(47)50)71(109)87-52(23-25-60(78)99)67(105)92-59(39-115-31-27-54(85-42(3)98)68(106)86-53(69(107)94-64)24-26-61(79)100)72(110)88-55(33-43-18-21-48(22-19-43)114-30-28-77)70(108)89-56(34-44-17-20-45-12-6-7-13-46(45)32-44)73(111)95-76(4,5)75(113)93-51(16-10-11-29-82-41(2)97)66(104)90-58(36-62(80)101)65(103)84-38-63(81)102/h6-9,12-15,17-22,32,37,40,51-59,64,83,96H,10-11,16,23-31,33-36,38-39,77H2,1-5H3,(H2,78,99)(H2,79,100)(H2,80,101)(H2,81,102)(H,82,97)(H,84,103)(H,85,98)(H,86,106)(H,87,109)(H,88,110)(H,89,108)(H,90,104)(H,91,112)(H,92,105)(H,93,113)(H,94,107)(H,95,111)/t40-,51+,52+,53+,54+,55+,56+,57+,58+,59+,64+/m1/s1. The summed E-state index contributed by atoms with van der Waals surface area (Å²) in [5, 5.41) is 46.3. The van der Waals surface area contributed by atoms with Gasteiger partial charge in [-0.2, -0.15) is 11.8 Å². The van der Waals surface area contributed by atoms with E-state index in [9.17, 15) is 67.4 Å². The van der Waals surface area contributed by atoms with Crippen molar-refractivity contribution in [1.82, 2.24) is 74.1 Å². The molecule has 17 amide bonds. The Labute approximate surface area is 666 Å². The summed E-state index contributed by atoms with van der Waals surface area (Å²) >= 11 is 0.929. The van der Waals surface area contributed by atoms with Crippen LogP contribution in [0.4, 0.5) is 0 Å². The smallest absolute Gasteiger partial charge is 0.245 e. The highest BCUT2D eigenvalue weighted by Crippen LogP contribution is 2.23. The summed E-state index contributed by atoms with van der Waals surface area (Å²) in [7, 11) is 0. The third kappa shape index (κ3) is 30.3. The minimum absolute atomic E-state index is 0.125. The van der Waals surface area contributed by atoms with Gasteiger partial charge in [0.1, 0.15) is 78.3 Å². The molecule has 622 valence electrons. The fourth-order valence-corrected chi connectivity index (χ4v) is 13.2. The Balaban J connectivity index is 1.43. The normalized spacial score (nSPS) is 18.5. The van der Waals surface area contributed by atoms with Crippen LogP contribution >= 0.6 is 11.8 Å². The van der Waals surface area contributed by atoms with Crippen LogP contribution in [0.5, 0.6) is 5.75 Å². The zero-order valence-corrected chi connectivity index (χ0v) is 65.2. The van der Waals surface area contributed by atoms with Gasteiger partial charge < -0.3 is 113 Å². The van der Waals surface area contributed by atoms with Crippen molar-refractivity contribution in [2.75, 3.05) is 37.7 Å². The van der Waals surface area contributed by atoms with Gasteiger partial charge >= 0.3 is 0 Å². The maximum atomic E-state index is 15.6. The molecule has 0 unspecified atom stereocenters. The third-order valence-corrected chi connectivity index (χ3v) is 19.3. The molecule has 0 aliphatic carbocycles. The van der Waals surface area contributed by atoms with E-state index in [0.29, 0.717) is 33.3 Å². The van der Waals surface area contributed by atoms with Crippen molar-refractivity contribution in [3.8, 4) is 5.75 Å². The number of carbonyl (C=O) groups excluding carboxylic acids is 17. The molecule has 0 spiro atoms. The maximum absolute atomic E-state index is 15.6. The van der Waals surface area contributed by atoms with Crippen molar-refractivity contribution in [2.24, 2.45) is 28.7 Å². The number of primary amides is 4. The summed E-state index contributed by atoms with van der Waals surface area (Å²) in [5.41, 5.74) is 27.4. The number of hydrogen-bond donors (Lipinski definition) is 20. The number of unbranched alkanes of at least 4 members (excludes halogenated alkanes) is 1. The molecule has 2 heterocycles. The number of nitrogens with one attached hydrogen (secondary N) is 14. The summed E-state index contributed by atoms with van der Waals surface area (Å²) in [6.45, 7) is 5.87. The number of aromatic nitrogens is 1. The third-order valence-electron chi connectivity index (χ3n) is 18.2. The number of benzene rings is 4. The molecule has 5 aromatic rings. The van der Waals surface area contributed by atoms with Crippen LogP contribution in [0.15, 0.2) is 97.2 Å². The highest BCUT2D eigenvalue weighted by atomic mass is 32.2. The zero-order chi connectivity index (χ0) is 84.6. The molecule has 1 aliphatic heterocycles. The van der Waals surface area contributed by atoms with E-state index in [2.05, 4.69) is 74.1 Å². The molecule has 1 saturated heterocycles. The van der Waals surface area contributed by atoms with Crippen LogP contribution in [0.2, 0.25) is 0 Å². The molecular weight excluding hydrogens is 1520 g/mol.